The Morgan fingerprint density at radius 2 is 1.96 bits per heavy atom. The van der Waals surface area contributed by atoms with E-state index < -0.39 is 12.5 Å². The van der Waals surface area contributed by atoms with Gasteiger partial charge in [0.2, 0.25) is 0 Å². The molecule has 0 aliphatic carbocycles. The van der Waals surface area contributed by atoms with E-state index in [2.05, 4.69) is 9.73 Å². The number of hydrogen-bond donors (Lipinski definition) is 1. The van der Waals surface area contributed by atoms with Gasteiger partial charge in [-0.15, -0.1) is 13.2 Å². The Morgan fingerprint density at radius 1 is 1.30 bits per heavy atom. The lowest BCUT2D eigenvalue weighted by Crippen LogP contribution is -2.32. The maximum atomic E-state index is 13.4. The zero-order valence-electron chi connectivity index (χ0n) is 12.5. The van der Waals surface area contributed by atoms with Crippen molar-refractivity contribution < 1.29 is 22.3 Å². The highest BCUT2D eigenvalue weighted by Crippen LogP contribution is 2.23. The molecule has 8 heteroatoms. The highest BCUT2D eigenvalue weighted by Gasteiger charge is 2.30. The Balaban J connectivity index is 1.91. The molecule has 23 heavy (non-hydrogen) atoms. The smallest absolute Gasteiger partial charge is 0.406 e. The first-order chi connectivity index (χ1) is 10.7. The molecule has 126 valence electrons. The summed E-state index contributed by atoms with van der Waals surface area (Å²) in [5.41, 5.74) is 6.80. The van der Waals surface area contributed by atoms with E-state index in [4.69, 9.17) is 5.73 Å². The minimum Gasteiger partial charge on any atom is -0.406 e. The predicted octanol–water partition coefficient (Wildman–Crippen LogP) is 3.00. The van der Waals surface area contributed by atoms with Crippen LogP contribution in [0.4, 0.5) is 17.6 Å². The molecule has 1 aliphatic rings. The van der Waals surface area contributed by atoms with Gasteiger partial charge in [0.25, 0.3) is 0 Å². The molecule has 0 bridgehead atoms. The number of rotatable bonds is 5. The maximum Gasteiger partial charge on any atom is 0.573 e. The van der Waals surface area contributed by atoms with Crippen molar-refractivity contribution in [3.8, 4) is 5.75 Å². The molecule has 0 fully saturated rings. The molecule has 1 aromatic rings. The molecule has 0 aromatic heterocycles. The van der Waals surface area contributed by atoms with Crippen LogP contribution in [0.25, 0.3) is 0 Å². The molecule has 1 heterocycles. The second-order valence-electron chi connectivity index (χ2n) is 5.14. The van der Waals surface area contributed by atoms with E-state index in [-0.39, 0.29) is 11.6 Å². The zero-order chi connectivity index (χ0) is 17.0. The third-order valence-electron chi connectivity index (χ3n) is 3.31. The summed E-state index contributed by atoms with van der Waals surface area (Å²) in [6.07, 6.45) is -3.70. The lowest BCUT2D eigenvalue weighted by Gasteiger charge is -2.25. The van der Waals surface area contributed by atoms with E-state index in [9.17, 15) is 17.6 Å². The van der Waals surface area contributed by atoms with Crippen molar-refractivity contribution in [3.63, 3.8) is 0 Å². The van der Waals surface area contributed by atoms with Gasteiger partial charge in [0.15, 0.2) is 0 Å². The van der Waals surface area contributed by atoms with Crippen molar-refractivity contribution in [3.05, 3.63) is 41.6 Å². The second-order valence-corrected chi connectivity index (χ2v) is 5.14. The Morgan fingerprint density at radius 3 is 2.52 bits per heavy atom. The molecular weight excluding hydrogens is 314 g/mol. The summed E-state index contributed by atoms with van der Waals surface area (Å²) in [7, 11) is 0. The topological polar surface area (TPSA) is 50.8 Å². The lowest BCUT2D eigenvalue weighted by molar-refractivity contribution is -0.274. The van der Waals surface area contributed by atoms with Gasteiger partial charge >= 0.3 is 6.36 Å². The van der Waals surface area contributed by atoms with Crippen molar-refractivity contribution in [1.29, 1.82) is 0 Å². The third kappa shape index (κ3) is 5.15. The Kier molecular flexibility index (Phi) is 5.12. The Labute approximate surface area is 131 Å². The predicted molar refractivity (Wildman–Crippen MR) is 78.7 cm³/mol. The van der Waals surface area contributed by atoms with Crippen LogP contribution in [-0.2, 0) is 6.42 Å². The number of alkyl halides is 4. The van der Waals surface area contributed by atoms with E-state index >= 15 is 0 Å². The van der Waals surface area contributed by atoms with Crippen molar-refractivity contribution in [2.75, 3.05) is 13.2 Å². The van der Waals surface area contributed by atoms with Crippen LogP contribution in [0.5, 0.6) is 5.75 Å². The standard InChI is InChI=1S/C15H17F4N3O/c1-10(16)13-8-22(9-21-14(13)20)7-6-11-2-4-12(5-3-11)23-15(17,18)19/h2-5,8,10H,6-7,9H2,1H3,(H2,20,21). The molecule has 0 saturated heterocycles. The molecule has 1 aliphatic heterocycles. The number of ether oxygens (including phenoxy) is 1. The molecule has 1 atom stereocenters. The number of halogens is 4. The molecule has 2 N–H and O–H groups in total. The minimum absolute atomic E-state index is 0.199. The fourth-order valence-electron chi connectivity index (χ4n) is 2.13. The summed E-state index contributed by atoms with van der Waals surface area (Å²) in [6.45, 7) is 2.26. The summed E-state index contributed by atoms with van der Waals surface area (Å²) in [6, 6.07) is 5.65. The van der Waals surface area contributed by atoms with Crippen LogP contribution < -0.4 is 10.5 Å². The average molecular weight is 331 g/mol. The SMILES string of the molecule is CC(F)C1=CN(CCc2ccc(OC(F)(F)F)cc2)CN=C1N. The monoisotopic (exact) mass is 331 g/mol. The van der Waals surface area contributed by atoms with Crippen LogP contribution >= 0.6 is 0 Å². The zero-order valence-corrected chi connectivity index (χ0v) is 12.5. The summed E-state index contributed by atoms with van der Waals surface area (Å²) >= 11 is 0. The van der Waals surface area contributed by atoms with Crippen LogP contribution in [0.1, 0.15) is 12.5 Å². The molecule has 1 unspecified atom stereocenters. The fraction of sp³-hybridized carbons (Fsp3) is 0.400. The van der Waals surface area contributed by atoms with Crippen LogP contribution in [0.3, 0.4) is 0 Å². The highest BCUT2D eigenvalue weighted by molar-refractivity contribution is 5.98. The number of nitrogens with two attached hydrogens (primary N) is 1. The normalized spacial score (nSPS) is 16.7. The van der Waals surface area contributed by atoms with Gasteiger partial charge in [0.1, 0.15) is 24.4 Å². The van der Waals surface area contributed by atoms with Gasteiger partial charge in [-0.25, -0.2) is 9.38 Å². The molecule has 0 radical (unpaired) electrons. The summed E-state index contributed by atoms with van der Waals surface area (Å²) < 4.78 is 53.4. The van der Waals surface area contributed by atoms with Crippen LogP contribution in [0, 0.1) is 0 Å². The molecular formula is C15H17F4N3O. The second kappa shape index (κ2) is 6.89. The van der Waals surface area contributed by atoms with Crippen molar-refractivity contribution in [2.45, 2.75) is 25.9 Å². The number of benzene rings is 1. The molecule has 0 spiro atoms. The lowest BCUT2D eigenvalue weighted by atomic mass is 10.1. The number of hydrogen-bond acceptors (Lipinski definition) is 4. The maximum absolute atomic E-state index is 13.4. The largest absolute Gasteiger partial charge is 0.573 e. The van der Waals surface area contributed by atoms with Crippen molar-refractivity contribution in [2.24, 2.45) is 10.7 Å². The summed E-state index contributed by atoms with van der Waals surface area (Å²) in [5.74, 6) is -0.0602. The van der Waals surface area contributed by atoms with E-state index in [1.54, 1.807) is 18.3 Å². The summed E-state index contributed by atoms with van der Waals surface area (Å²) in [5, 5.41) is 0. The number of amidine groups is 1. The van der Waals surface area contributed by atoms with E-state index in [0.29, 0.717) is 25.2 Å². The summed E-state index contributed by atoms with van der Waals surface area (Å²) in [4.78, 5) is 5.86. The Hall–Kier alpha value is -2.25. The van der Waals surface area contributed by atoms with Crippen molar-refractivity contribution in [1.82, 2.24) is 4.90 Å². The van der Waals surface area contributed by atoms with Gasteiger partial charge in [0.05, 0.1) is 0 Å². The van der Waals surface area contributed by atoms with Gasteiger partial charge < -0.3 is 15.4 Å². The molecule has 1 aromatic carbocycles. The Bertz CT molecular complexity index is 594. The first-order valence-electron chi connectivity index (χ1n) is 6.99. The quantitative estimate of drug-likeness (QED) is 0.844. The fourth-order valence-corrected chi connectivity index (χ4v) is 2.13. The van der Waals surface area contributed by atoms with E-state index in [1.165, 1.54) is 19.1 Å². The molecule has 0 saturated carbocycles. The van der Waals surface area contributed by atoms with E-state index in [1.807, 2.05) is 4.90 Å². The van der Waals surface area contributed by atoms with Gasteiger partial charge in [-0.1, -0.05) is 12.1 Å². The minimum atomic E-state index is -4.70. The van der Waals surface area contributed by atoms with Crippen molar-refractivity contribution >= 4 is 5.84 Å². The van der Waals surface area contributed by atoms with E-state index in [0.717, 1.165) is 5.56 Å². The number of aliphatic imine (C=N–C) groups is 1. The van der Waals surface area contributed by atoms with Gasteiger partial charge in [-0.05, 0) is 31.0 Å². The van der Waals surface area contributed by atoms with Gasteiger partial charge in [-0.3, -0.25) is 0 Å². The van der Waals surface area contributed by atoms with Crippen LogP contribution in [-0.4, -0.2) is 36.5 Å². The molecule has 0 amide bonds. The average Bonchev–Trinajstić information content (AvgIpc) is 2.46. The van der Waals surface area contributed by atoms with Gasteiger partial charge in [-0.2, -0.15) is 0 Å². The molecule has 2 rings (SSSR count). The van der Waals surface area contributed by atoms with Crippen LogP contribution in [0.15, 0.2) is 41.0 Å². The van der Waals surface area contributed by atoms with Gasteiger partial charge in [0, 0.05) is 18.3 Å². The third-order valence-corrected chi connectivity index (χ3v) is 3.31. The highest BCUT2D eigenvalue weighted by atomic mass is 19.4. The number of nitrogens with zero attached hydrogens (tertiary/aromatic N) is 2. The molecule has 4 nitrogen and oxygen atoms in total. The van der Waals surface area contributed by atoms with Crippen LogP contribution in [0.2, 0.25) is 0 Å². The first-order valence-corrected chi connectivity index (χ1v) is 6.99. The first kappa shape index (κ1) is 17.1.